The van der Waals surface area contributed by atoms with Crippen LogP contribution in [0.4, 0.5) is 0 Å². The smallest absolute Gasteiger partial charge is 0.253 e. The Labute approximate surface area is 195 Å². The summed E-state index contributed by atoms with van der Waals surface area (Å²) in [4.78, 5) is 27.3. The molecule has 2 amide bonds. The van der Waals surface area contributed by atoms with E-state index in [1.54, 1.807) is 18.2 Å². The summed E-state index contributed by atoms with van der Waals surface area (Å²) < 4.78 is 27.3. The SMILES string of the molecule is CC1CCN(S(=O)(=O)c2ccc(C(=O)NCc3cccc(C(=O)N4CCCC4)c3)cc2)CC1. The van der Waals surface area contributed by atoms with Gasteiger partial charge in [-0.25, -0.2) is 8.42 Å². The molecule has 2 heterocycles. The fourth-order valence-corrected chi connectivity index (χ4v) is 5.82. The Bertz CT molecular complexity index is 1100. The van der Waals surface area contributed by atoms with Gasteiger partial charge in [0.15, 0.2) is 0 Å². The van der Waals surface area contributed by atoms with Crippen LogP contribution in [-0.4, -0.2) is 55.6 Å². The molecule has 2 aromatic carbocycles. The van der Waals surface area contributed by atoms with Crippen molar-refractivity contribution < 1.29 is 18.0 Å². The second kappa shape index (κ2) is 10.1. The van der Waals surface area contributed by atoms with Gasteiger partial charge in [0, 0.05) is 43.9 Å². The molecule has 0 unspecified atom stereocenters. The summed E-state index contributed by atoms with van der Waals surface area (Å²) in [6, 6.07) is 13.4. The van der Waals surface area contributed by atoms with E-state index in [1.165, 1.54) is 16.4 Å². The zero-order valence-electron chi connectivity index (χ0n) is 19.0. The predicted octanol–water partition coefficient (Wildman–Crippen LogP) is 3.27. The first kappa shape index (κ1) is 23.4. The van der Waals surface area contributed by atoms with E-state index < -0.39 is 10.0 Å². The molecule has 0 aromatic heterocycles. The molecule has 0 bridgehead atoms. The van der Waals surface area contributed by atoms with Gasteiger partial charge in [-0.3, -0.25) is 9.59 Å². The van der Waals surface area contributed by atoms with E-state index in [0.29, 0.717) is 30.1 Å². The number of nitrogens with zero attached hydrogens (tertiary/aromatic N) is 2. The van der Waals surface area contributed by atoms with Crippen molar-refractivity contribution in [2.45, 2.75) is 44.0 Å². The highest BCUT2D eigenvalue weighted by molar-refractivity contribution is 7.89. The summed E-state index contributed by atoms with van der Waals surface area (Å²) in [7, 11) is -3.54. The Morgan fingerprint density at radius 3 is 2.27 bits per heavy atom. The molecule has 0 aliphatic carbocycles. The van der Waals surface area contributed by atoms with Crippen molar-refractivity contribution in [1.29, 1.82) is 0 Å². The van der Waals surface area contributed by atoms with Crippen LogP contribution < -0.4 is 5.32 Å². The number of sulfonamides is 1. The maximum Gasteiger partial charge on any atom is 0.253 e. The molecule has 1 N–H and O–H groups in total. The fraction of sp³-hybridized carbons (Fsp3) is 0.440. The first-order valence-electron chi connectivity index (χ1n) is 11.6. The topological polar surface area (TPSA) is 86.8 Å². The number of nitrogens with one attached hydrogen (secondary N) is 1. The highest BCUT2D eigenvalue weighted by Crippen LogP contribution is 2.23. The second-order valence-electron chi connectivity index (χ2n) is 8.99. The van der Waals surface area contributed by atoms with E-state index in [0.717, 1.165) is 44.3 Å². The average molecular weight is 470 g/mol. The lowest BCUT2D eigenvalue weighted by Gasteiger charge is -2.29. The molecular formula is C25H31N3O4S. The lowest BCUT2D eigenvalue weighted by atomic mass is 10.0. The number of rotatable bonds is 6. The average Bonchev–Trinajstić information content (AvgIpc) is 3.38. The number of amides is 2. The van der Waals surface area contributed by atoms with Gasteiger partial charge in [0.05, 0.1) is 4.90 Å². The van der Waals surface area contributed by atoms with Crippen LogP contribution in [0.25, 0.3) is 0 Å². The summed E-state index contributed by atoms with van der Waals surface area (Å²) >= 11 is 0. The van der Waals surface area contributed by atoms with Gasteiger partial charge >= 0.3 is 0 Å². The molecule has 176 valence electrons. The van der Waals surface area contributed by atoms with Gasteiger partial charge in [-0.15, -0.1) is 0 Å². The predicted molar refractivity (Wildman–Crippen MR) is 126 cm³/mol. The third kappa shape index (κ3) is 5.45. The third-order valence-electron chi connectivity index (χ3n) is 6.52. The van der Waals surface area contributed by atoms with Crippen molar-refractivity contribution >= 4 is 21.8 Å². The van der Waals surface area contributed by atoms with Crippen molar-refractivity contribution in [2.75, 3.05) is 26.2 Å². The van der Waals surface area contributed by atoms with Gasteiger partial charge in [0.1, 0.15) is 0 Å². The Balaban J connectivity index is 1.36. The van der Waals surface area contributed by atoms with Gasteiger partial charge in [-0.1, -0.05) is 19.1 Å². The van der Waals surface area contributed by atoms with Crippen LogP contribution >= 0.6 is 0 Å². The maximum atomic E-state index is 12.9. The molecule has 33 heavy (non-hydrogen) atoms. The second-order valence-corrected chi connectivity index (χ2v) is 10.9. The molecule has 4 rings (SSSR count). The van der Waals surface area contributed by atoms with Gasteiger partial charge in [-0.2, -0.15) is 4.31 Å². The normalized spacial score (nSPS) is 17.8. The Kier molecular flexibility index (Phi) is 7.14. The quantitative estimate of drug-likeness (QED) is 0.704. The van der Waals surface area contributed by atoms with Crippen molar-refractivity contribution in [3.8, 4) is 0 Å². The number of carbonyl (C=O) groups excluding carboxylic acids is 2. The molecule has 8 heteroatoms. The number of benzene rings is 2. The molecule has 2 aliphatic heterocycles. The van der Waals surface area contributed by atoms with Crippen LogP contribution in [0, 0.1) is 5.92 Å². The number of likely N-dealkylation sites (tertiary alicyclic amines) is 1. The van der Waals surface area contributed by atoms with Gasteiger partial charge in [0.2, 0.25) is 10.0 Å². The van der Waals surface area contributed by atoms with E-state index in [1.807, 2.05) is 23.1 Å². The van der Waals surface area contributed by atoms with Gasteiger partial charge < -0.3 is 10.2 Å². The van der Waals surface area contributed by atoms with E-state index >= 15 is 0 Å². The lowest BCUT2D eigenvalue weighted by molar-refractivity contribution is 0.0792. The molecular weight excluding hydrogens is 438 g/mol. The highest BCUT2D eigenvalue weighted by Gasteiger charge is 2.28. The molecule has 2 aliphatic rings. The molecule has 2 aromatic rings. The zero-order chi connectivity index (χ0) is 23.4. The molecule has 0 radical (unpaired) electrons. The monoisotopic (exact) mass is 469 g/mol. The summed E-state index contributed by atoms with van der Waals surface area (Å²) in [5.41, 5.74) is 1.86. The van der Waals surface area contributed by atoms with Crippen LogP contribution in [0.1, 0.15) is 58.9 Å². The molecule has 7 nitrogen and oxygen atoms in total. The van der Waals surface area contributed by atoms with E-state index in [9.17, 15) is 18.0 Å². The van der Waals surface area contributed by atoms with Crippen molar-refractivity contribution in [2.24, 2.45) is 5.92 Å². The summed E-state index contributed by atoms with van der Waals surface area (Å²) in [5, 5.41) is 2.85. The first-order chi connectivity index (χ1) is 15.8. The number of hydrogen-bond acceptors (Lipinski definition) is 4. The van der Waals surface area contributed by atoms with E-state index in [4.69, 9.17) is 0 Å². The molecule has 0 saturated carbocycles. The Hall–Kier alpha value is -2.71. The first-order valence-corrected chi connectivity index (χ1v) is 13.1. The van der Waals surface area contributed by atoms with Crippen LogP contribution in [0.3, 0.4) is 0 Å². The van der Waals surface area contributed by atoms with E-state index in [-0.39, 0.29) is 23.3 Å². The lowest BCUT2D eigenvalue weighted by Crippen LogP contribution is -2.37. The minimum absolute atomic E-state index is 0.0284. The number of piperidine rings is 1. The highest BCUT2D eigenvalue weighted by atomic mass is 32.2. The van der Waals surface area contributed by atoms with Gasteiger partial charge in [0.25, 0.3) is 11.8 Å². The number of hydrogen-bond donors (Lipinski definition) is 1. The van der Waals surface area contributed by atoms with Crippen LogP contribution in [-0.2, 0) is 16.6 Å². The maximum absolute atomic E-state index is 12.9. The minimum Gasteiger partial charge on any atom is -0.348 e. The summed E-state index contributed by atoms with van der Waals surface area (Å²) in [5.74, 6) is 0.282. The zero-order valence-corrected chi connectivity index (χ0v) is 19.8. The largest absolute Gasteiger partial charge is 0.348 e. The Morgan fingerprint density at radius 1 is 0.939 bits per heavy atom. The van der Waals surface area contributed by atoms with Crippen molar-refractivity contribution in [3.63, 3.8) is 0 Å². The van der Waals surface area contributed by atoms with Gasteiger partial charge in [-0.05, 0) is 73.6 Å². The standard InChI is InChI=1S/C25H31N3O4S/c1-19-11-15-28(16-12-19)33(31,32)23-9-7-21(8-10-23)24(29)26-18-20-5-4-6-22(17-20)25(30)27-13-2-3-14-27/h4-10,17,19H,2-3,11-16,18H2,1H3,(H,26,29). The van der Waals surface area contributed by atoms with E-state index in [2.05, 4.69) is 12.2 Å². The summed E-state index contributed by atoms with van der Waals surface area (Å²) in [6.45, 7) is 5.08. The van der Waals surface area contributed by atoms with Crippen molar-refractivity contribution in [1.82, 2.24) is 14.5 Å². The number of carbonyl (C=O) groups is 2. The fourth-order valence-electron chi connectivity index (χ4n) is 4.35. The van der Waals surface area contributed by atoms with Crippen LogP contribution in [0.2, 0.25) is 0 Å². The summed E-state index contributed by atoms with van der Waals surface area (Å²) in [6.07, 6.45) is 3.81. The van der Waals surface area contributed by atoms with Crippen LogP contribution in [0.15, 0.2) is 53.4 Å². The minimum atomic E-state index is -3.54. The third-order valence-corrected chi connectivity index (χ3v) is 8.43. The molecule has 0 spiro atoms. The molecule has 2 saturated heterocycles. The Morgan fingerprint density at radius 2 is 1.61 bits per heavy atom. The van der Waals surface area contributed by atoms with Crippen LogP contribution in [0.5, 0.6) is 0 Å². The van der Waals surface area contributed by atoms with Crippen molar-refractivity contribution in [3.05, 3.63) is 65.2 Å². The molecule has 2 fully saturated rings. The molecule has 0 atom stereocenters.